The van der Waals surface area contributed by atoms with Crippen molar-refractivity contribution in [2.75, 3.05) is 6.61 Å². The average Bonchev–Trinajstić information content (AvgIpc) is 3.08. The van der Waals surface area contributed by atoms with Gasteiger partial charge in [-0.15, -0.1) is 0 Å². The lowest BCUT2D eigenvalue weighted by Crippen LogP contribution is -2.31. The zero-order chi connectivity index (χ0) is 25.2. The minimum absolute atomic E-state index is 0.0586. The van der Waals surface area contributed by atoms with Crippen LogP contribution in [0.2, 0.25) is 0 Å². The third-order valence-corrected chi connectivity index (χ3v) is 6.11. The lowest BCUT2D eigenvalue weighted by molar-refractivity contribution is 0.253. The van der Waals surface area contributed by atoms with E-state index in [0.29, 0.717) is 0 Å². The van der Waals surface area contributed by atoms with E-state index in [-0.39, 0.29) is 36.6 Å². The zero-order valence-corrected chi connectivity index (χ0v) is 20.6. The Morgan fingerprint density at radius 3 is 3.00 bits per heavy atom. The van der Waals surface area contributed by atoms with Crippen LogP contribution in [0.1, 0.15) is 19.3 Å². The van der Waals surface area contributed by atoms with Gasteiger partial charge in [0.1, 0.15) is 12.4 Å². The summed E-state index contributed by atoms with van der Waals surface area (Å²) in [6.07, 6.45) is 33.9. The smallest absolute Gasteiger partial charge is 0.151 e. The molecule has 3 N–H and O–H groups in total. The molecule has 3 aliphatic rings. The molecule has 36 heavy (non-hydrogen) atoms. The highest BCUT2D eigenvalue weighted by Crippen LogP contribution is 2.26. The van der Waals surface area contributed by atoms with Crippen molar-refractivity contribution in [3.8, 4) is 0 Å². The van der Waals surface area contributed by atoms with Crippen LogP contribution in [0.3, 0.4) is 0 Å². The van der Waals surface area contributed by atoms with Gasteiger partial charge in [-0.05, 0) is 47.9 Å². The molecule has 0 saturated heterocycles. The molecule has 1 aromatic heterocycles. The average molecular weight is 485 g/mol. The second kappa shape index (κ2) is 12.8. The van der Waals surface area contributed by atoms with Crippen molar-refractivity contribution in [3.05, 3.63) is 119 Å². The van der Waals surface area contributed by atoms with Gasteiger partial charge in [-0.1, -0.05) is 66.8 Å². The number of rotatable bonds is 9. The number of nitrogens with zero attached hydrogens (tertiary/aromatic N) is 2. The molecule has 2 unspecified atom stereocenters. The maximum Gasteiger partial charge on any atom is 0.151 e. The van der Waals surface area contributed by atoms with Crippen LogP contribution in [0, 0.1) is 5.92 Å². The number of hydrogen-bond donors (Lipinski definition) is 2. The quantitative estimate of drug-likeness (QED) is 0.240. The lowest BCUT2D eigenvalue weighted by Gasteiger charge is -2.16. The number of aliphatic imine (C=N–C) groups is 1. The van der Waals surface area contributed by atoms with Gasteiger partial charge < -0.3 is 9.30 Å². The molecular formula is C30H33FN4O. The Bertz CT molecular complexity index is 1330. The predicted molar refractivity (Wildman–Crippen MR) is 146 cm³/mol. The summed E-state index contributed by atoms with van der Waals surface area (Å²) in [4.78, 5) is 4.28. The van der Waals surface area contributed by atoms with E-state index in [0.717, 1.165) is 24.1 Å². The summed E-state index contributed by atoms with van der Waals surface area (Å²) < 4.78 is 22.4. The molecule has 0 aromatic carbocycles. The Hall–Kier alpha value is -3.74. The molecule has 4 rings (SSSR count). The summed E-state index contributed by atoms with van der Waals surface area (Å²) in [6.45, 7) is 0.241. The third-order valence-electron chi connectivity index (χ3n) is 6.11. The number of hydrazine groups is 1. The standard InChI is InChI=1S/C30H33FN4O/c1-35-19-17-25-10-7-9-23(21-29(25)35)8-4-5-11-26(34-32)15-13-24-14-16-30(28(31)20-24)36-22-27-12-3-2-6-18-33-27/h3-6,8-19,21,24,26,34H,2,7,20,22,32H2,1H3/b8-4+,11-5+,15-13+. The molecule has 0 spiro atoms. The minimum Gasteiger partial charge on any atom is -0.485 e. The van der Waals surface area contributed by atoms with E-state index in [1.807, 2.05) is 54.7 Å². The molecule has 1 aliphatic heterocycles. The second-order valence-corrected chi connectivity index (χ2v) is 8.81. The Balaban J connectivity index is 1.29. The normalized spacial score (nSPS) is 20.7. The van der Waals surface area contributed by atoms with Crippen molar-refractivity contribution in [1.29, 1.82) is 0 Å². The van der Waals surface area contributed by atoms with E-state index in [1.165, 1.54) is 10.6 Å². The number of hydrogen-bond acceptors (Lipinski definition) is 4. The van der Waals surface area contributed by atoms with Crippen LogP contribution in [0.25, 0.3) is 12.2 Å². The van der Waals surface area contributed by atoms with E-state index in [1.54, 1.807) is 12.3 Å². The molecule has 0 saturated carbocycles. The van der Waals surface area contributed by atoms with Gasteiger partial charge in [0, 0.05) is 37.1 Å². The van der Waals surface area contributed by atoms with E-state index in [9.17, 15) is 4.39 Å². The number of nitrogens with one attached hydrogen (secondary N) is 1. The number of ether oxygens (including phenoxy) is 1. The van der Waals surface area contributed by atoms with Crippen LogP contribution in [-0.4, -0.2) is 22.9 Å². The number of aromatic nitrogens is 1. The van der Waals surface area contributed by atoms with Gasteiger partial charge in [-0.2, -0.15) is 0 Å². The lowest BCUT2D eigenvalue weighted by atomic mass is 9.98. The van der Waals surface area contributed by atoms with Gasteiger partial charge in [-0.25, -0.2) is 9.82 Å². The fourth-order valence-corrected chi connectivity index (χ4v) is 4.07. The predicted octanol–water partition coefficient (Wildman–Crippen LogP) is 4.11. The number of nitrogens with two attached hydrogens (primary N) is 1. The Kier molecular flexibility index (Phi) is 9.03. The Labute approximate surface area is 211 Å². The Morgan fingerprint density at radius 1 is 1.22 bits per heavy atom. The maximum absolute atomic E-state index is 14.6. The van der Waals surface area contributed by atoms with E-state index in [4.69, 9.17) is 10.6 Å². The number of halogens is 1. The number of allylic oxidation sites excluding steroid dienone is 11. The highest BCUT2D eigenvalue weighted by molar-refractivity contribution is 5.96. The van der Waals surface area contributed by atoms with Crippen LogP contribution in [0.5, 0.6) is 0 Å². The van der Waals surface area contributed by atoms with E-state index < -0.39 is 0 Å². The summed E-state index contributed by atoms with van der Waals surface area (Å²) in [5, 5.41) is 2.47. The van der Waals surface area contributed by atoms with Gasteiger partial charge in [0.25, 0.3) is 0 Å². The van der Waals surface area contributed by atoms with Crippen molar-refractivity contribution >= 4 is 17.9 Å². The largest absolute Gasteiger partial charge is 0.485 e. The summed E-state index contributed by atoms with van der Waals surface area (Å²) >= 11 is 0. The highest BCUT2D eigenvalue weighted by Gasteiger charge is 2.16. The fourth-order valence-electron chi connectivity index (χ4n) is 4.07. The van der Waals surface area contributed by atoms with Gasteiger partial charge in [0.2, 0.25) is 0 Å². The van der Waals surface area contributed by atoms with Crippen molar-refractivity contribution < 1.29 is 9.13 Å². The molecule has 2 atom stereocenters. The Morgan fingerprint density at radius 2 is 2.14 bits per heavy atom. The highest BCUT2D eigenvalue weighted by atomic mass is 19.1. The summed E-state index contributed by atoms with van der Waals surface area (Å²) in [7, 11) is 2.06. The molecule has 186 valence electrons. The molecule has 0 fully saturated rings. The van der Waals surface area contributed by atoms with Gasteiger partial charge in [0.05, 0.1) is 11.8 Å². The first-order valence-corrected chi connectivity index (χ1v) is 12.2. The van der Waals surface area contributed by atoms with Gasteiger partial charge in [-0.3, -0.25) is 10.8 Å². The first-order valence-electron chi connectivity index (χ1n) is 12.2. The first kappa shape index (κ1) is 25.4. The number of fused-ring (bicyclic) bond motifs is 1. The van der Waals surface area contributed by atoms with Gasteiger partial charge in [0.15, 0.2) is 5.76 Å². The van der Waals surface area contributed by atoms with Crippen molar-refractivity contribution in [2.24, 2.45) is 23.8 Å². The molecule has 0 radical (unpaired) electrons. The second-order valence-electron chi connectivity index (χ2n) is 8.81. The molecule has 0 amide bonds. The van der Waals surface area contributed by atoms with Gasteiger partial charge >= 0.3 is 0 Å². The van der Waals surface area contributed by atoms with Crippen molar-refractivity contribution in [2.45, 2.75) is 25.3 Å². The monoisotopic (exact) mass is 484 g/mol. The molecule has 0 bridgehead atoms. The SMILES string of the molecule is Cn1ccc2c1=CC(/C=C/C=C/C(/C=C/C1C=CC(OCC3=NC=CCC=C3)=C(F)C1)NN)=CCC=2. The van der Waals surface area contributed by atoms with Crippen LogP contribution in [-0.2, 0) is 11.8 Å². The zero-order valence-electron chi connectivity index (χ0n) is 20.6. The van der Waals surface area contributed by atoms with E-state index >= 15 is 0 Å². The third kappa shape index (κ3) is 7.13. The molecule has 5 nitrogen and oxygen atoms in total. The van der Waals surface area contributed by atoms with E-state index in [2.05, 4.69) is 58.6 Å². The molecule has 6 heteroatoms. The van der Waals surface area contributed by atoms with Crippen molar-refractivity contribution in [3.63, 3.8) is 0 Å². The summed E-state index contributed by atoms with van der Waals surface area (Å²) in [6, 6.07) is 1.97. The van der Waals surface area contributed by atoms with Crippen LogP contribution in [0.4, 0.5) is 4.39 Å². The van der Waals surface area contributed by atoms with Crippen LogP contribution < -0.4 is 21.8 Å². The maximum atomic E-state index is 14.6. The molecule has 1 aromatic rings. The molecular weight excluding hydrogens is 451 g/mol. The minimum atomic E-state index is -0.261. The molecule has 2 aliphatic carbocycles. The van der Waals surface area contributed by atoms with Crippen LogP contribution in [0.15, 0.2) is 114 Å². The van der Waals surface area contributed by atoms with Crippen LogP contribution >= 0.6 is 0 Å². The summed E-state index contributed by atoms with van der Waals surface area (Å²) in [5.41, 5.74) is 4.71. The fraction of sp³-hybridized carbons (Fsp3) is 0.233. The first-order chi connectivity index (χ1) is 17.6. The summed E-state index contributed by atoms with van der Waals surface area (Å²) in [5.74, 6) is 5.67. The number of aryl methyl sites for hydroxylation is 1. The topological polar surface area (TPSA) is 64.6 Å². The molecule has 2 heterocycles. The van der Waals surface area contributed by atoms with Crippen molar-refractivity contribution in [1.82, 2.24) is 9.99 Å².